The number of halogens is 1. The average Bonchev–Trinajstić information content (AvgIpc) is 2.85. The highest BCUT2D eigenvalue weighted by Gasteiger charge is 2.35. The second-order valence-corrected chi connectivity index (χ2v) is 7.09. The highest BCUT2D eigenvalue weighted by Crippen LogP contribution is 2.28. The first-order valence-corrected chi connectivity index (χ1v) is 8.78. The molecule has 122 valence electrons. The molecule has 1 aliphatic heterocycles. The van der Waals surface area contributed by atoms with Crippen molar-refractivity contribution in [3.8, 4) is 0 Å². The largest absolute Gasteiger partial charge is 0.284 e. The third-order valence-electron chi connectivity index (χ3n) is 3.53. The van der Waals surface area contributed by atoms with Gasteiger partial charge < -0.3 is 0 Å². The molecule has 0 radical (unpaired) electrons. The van der Waals surface area contributed by atoms with Gasteiger partial charge in [0.1, 0.15) is 0 Å². The fraction of sp³-hybridized carbons (Fsp3) is 0.167. The summed E-state index contributed by atoms with van der Waals surface area (Å²) in [5.41, 5.74) is 1.97. The molecule has 0 saturated carbocycles. The van der Waals surface area contributed by atoms with Crippen molar-refractivity contribution in [2.24, 2.45) is 10.2 Å². The molecule has 1 atom stereocenters. The Labute approximate surface area is 150 Å². The minimum absolute atomic E-state index is 0.0595. The van der Waals surface area contributed by atoms with Crippen molar-refractivity contribution in [1.82, 2.24) is 4.90 Å². The maximum Gasteiger partial charge on any atom is 0.242 e. The van der Waals surface area contributed by atoms with Crippen LogP contribution >= 0.6 is 23.4 Å². The Morgan fingerprint density at radius 3 is 2.58 bits per heavy atom. The lowest BCUT2D eigenvalue weighted by molar-refractivity contribution is -0.126. The van der Waals surface area contributed by atoms with Crippen LogP contribution in [0, 0.1) is 0 Å². The second-order valence-electron chi connectivity index (χ2n) is 5.35. The molecule has 0 bridgehead atoms. The molecule has 1 amide bonds. The summed E-state index contributed by atoms with van der Waals surface area (Å²) in [5, 5.41) is 9.52. The van der Waals surface area contributed by atoms with Crippen LogP contribution in [0.2, 0.25) is 5.02 Å². The van der Waals surface area contributed by atoms with Gasteiger partial charge in [0.05, 0.1) is 18.0 Å². The highest BCUT2D eigenvalue weighted by molar-refractivity contribution is 8.15. The minimum atomic E-state index is -0.141. The van der Waals surface area contributed by atoms with E-state index in [9.17, 15) is 4.79 Å². The van der Waals surface area contributed by atoms with Crippen LogP contribution in [0.1, 0.15) is 18.1 Å². The number of rotatable bonds is 4. The normalized spacial score (nSPS) is 19.6. The molecule has 24 heavy (non-hydrogen) atoms. The second kappa shape index (κ2) is 7.64. The Balaban J connectivity index is 1.76. The van der Waals surface area contributed by atoms with Crippen molar-refractivity contribution in [3.63, 3.8) is 0 Å². The van der Waals surface area contributed by atoms with Gasteiger partial charge in [-0.3, -0.25) is 9.69 Å². The molecule has 3 rings (SSSR count). The summed E-state index contributed by atoms with van der Waals surface area (Å²) in [6.07, 6.45) is 1.65. The van der Waals surface area contributed by atoms with Crippen LogP contribution in [0.4, 0.5) is 0 Å². The molecule has 1 unspecified atom stereocenters. The van der Waals surface area contributed by atoms with E-state index in [1.54, 1.807) is 23.2 Å². The van der Waals surface area contributed by atoms with Crippen molar-refractivity contribution >= 4 is 40.7 Å². The van der Waals surface area contributed by atoms with Gasteiger partial charge in [0, 0.05) is 5.02 Å². The molecule has 1 fully saturated rings. The molecular weight excluding hydrogens is 342 g/mol. The summed E-state index contributed by atoms with van der Waals surface area (Å²) in [6.45, 7) is 2.39. The lowest BCUT2D eigenvalue weighted by atomic mass is 10.2. The maximum absolute atomic E-state index is 12.3. The van der Waals surface area contributed by atoms with Crippen LogP contribution in [0.25, 0.3) is 0 Å². The van der Waals surface area contributed by atoms with Crippen molar-refractivity contribution in [1.29, 1.82) is 0 Å². The number of carbonyl (C=O) groups is 1. The van der Waals surface area contributed by atoms with E-state index in [4.69, 9.17) is 11.6 Å². The predicted octanol–water partition coefficient (Wildman–Crippen LogP) is 4.19. The van der Waals surface area contributed by atoms with E-state index in [0.717, 1.165) is 11.1 Å². The van der Waals surface area contributed by atoms with E-state index in [1.807, 2.05) is 49.4 Å². The van der Waals surface area contributed by atoms with Gasteiger partial charge in [0.25, 0.3) is 0 Å². The monoisotopic (exact) mass is 357 g/mol. The molecule has 4 nitrogen and oxygen atoms in total. The number of thioether (sulfide) groups is 1. The van der Waals surface area contributed by atoms with Gasteiger partial charge in [-0.1, -0.05) is 65.8 Å². The number of nitrogens with zero attached hydrogens (tertiary/aromatic N) is 3. The van der Waals surface area contributed by atoms with Crippen LogP contribution in [-0.4, -0.2) is 27.4 Å². The number of amides is 1. The fourth-order valence-electron chi connectivity index (χ4n) is 2.27. The first kappa shape index (κ1) is 16.7. The molecule has 0 spiro atoms. The Morgan fingerprint density at radius 2 is 1.88 bits per heavy atom. The Bertz CT molecular complexity index is 775. The van der Waals surface area contributed by atoms with E-state index >= 15 is 0 Å². The lowest BCUT2D eigenvalue weighted by Gasteiger charge is -2.15. The minimum Gasteiger partial charge on any atom is -0.284 e. The Morgan fingerprint density at radius 1 is 1.17 bits per heavy atom. The summed E-state index contributed by atoms with van der Waals surface area (Å²) in [5.74, 6) is 0.0595. The van der Waals surface area contributed by atoms with Gasteiger partial charge in [0.15, 0.2) is 5.17 Å². The van der Waals surface area contributed by atoms with E-state index in [-0.39, 0.29) is 11.2 Å². The zero-order valence-electron chi connectivity index (χ0n) is 13.1. The topological polar surface area (TPSA) is 45.0 Å². The van der Waals surface area contributed by atoms with E-state index < -0.39 is 0 Å². The summed E-state index contributed by atoms with van der Waals surface area (Å²) >= 11 is 7.29. The van der Waals surface area contributed by atoms with E-state index in [1.165, 1.54) is 11.8 Å². The van der Waals surface area contributed by atoms with Crippen molar-refractivity contribution in [2.75, 3.05) is 0 Å². The van der Waals surface area contributed by atoms with E-state index in [0.29, 0.717) is 16.7 Å². The maximum atomic E-state index is 12.3. The summed E-state index contributed by atoms with van der Waals surface area (Å²) in [7, 11) is 0. The third-order valence-corrected chi connectivity index (χ3v) is 4.85. The van der Waals surface area contributed by atoms with Crippen LogP contribution in [0.5, 0.6) is 0 Å². The number of carbonyl (C=O) groups excluding carboxylic acids is 1. The molecule has 1 heterocycles. The summed E-state index contributed by atoms with van der Waals surface area (Å²) < 4.78 is 0. The zero-order valence-corrected chi connectivity index (χ0v) is 14.7. The molecule has 0 aliphatic carbocycles. The quantitative estimate of drug-likeness (QED) is 0.608. The fourth-order valence-corrected chi connectivity index (χ4v) is 3.32. The third kappa shape index (κ3) is 4.04. The zero-order chi connectivity index (χ0) is 16.9. The molecule has 6 heteroatoms. The van der Waals surface area contributed by atoms with Crippen LogP contribution in [-0.2, 0) is 11.3 Å². The SMILES string of the molecule is CC1S/C(=N/N=C/c2ccc(Cl)cc2)N(Cc2ccccc2)C1=O. The van der Waals surface area contributed by atoms with E-state index in [2.05, 4.69) is 10.2 Å². The van der Waals surface area contributed by atoms with Gasteiger partial charge in [-0.2, -0.15) is 5.10 Å². The van der Waals surface area contributed by atoms with Crippen molar-refractivity contribution in [2.45, 2.75) is 18.7 Å². The number of benzene rings is 2. The number of hydrogen-bond acceptors (Lipinski definition) is 4. The lowest BCUT2D eigenvalue weighted by Crippen LogP contribution is -2.30. The molecule has 1 saturated heterocycles. The predicted molar refractivity (Wildman–Crippen MR) is 101 cm³/mol. The molecule has 2 aromatic carbocycles. The smallest absolute Gasteiger partial charge is 0.242 e. The Kier molecular flexibility index (Phi) is 5.33. The molecular formula is C18H16ClN3OS. The van der Waals surface area contributed by atoms with Crippen LogP contribution in [0.15, 0.2) is 64.8 Å². The molecule has 0 aromatic heterocycles. The van der Waals surface area contributed by atoms with Crippen LogP contribution in [0.3, 0.4) is 0 Å². The van der Waals surface area contributed by atoms with Gasteiger partial charge in [-0.15, -0.1) is 5.10 Å². The first-order valence-electron chi connectivity index (χ1n) is 7.52. The summed E-state index contributed by atoms with van der Waals surface area (Å²) in [6, 6.07) is 17.2. The Hall–Kier alpha value is -2.11. The first-order chi connectivity index (χ1) is 11.6. The van der Waals surface area contributed by atoms with Crippen molar-refractivity contribution < 1.29 is 4.79 Å². The standard InChI is InChI=1S/C18H16ClN3OS/c1-13-17(23)22(12-15-5-3-2-4-6-15)18(24-13)21-20-11-14-7-9-16(19)10-8-14/h2-11,13H,12H2,1H3/b20-11+,21-18+. The van der Waals surface area contributed by atoms with Gasteiger partial charge >= 0.3 is 0 Å². The van der Waals surface area contributed by atoms with Gasteiger partial charge in [0.2, 0.25) is 5.91 Å². The number of amidine groups is 1. The van der Waals surface area contributed by atoms with Gasteiger partial charge in [-0.25, -0.2) is 0 Å². The molecule has 1 aliphatic rings. The highest BCUT2D eigenvalue weighted by atomic mass is 35.5. The summed E-state index contributed by atoms with van der Waals surface area (Å²) in [4.78, 5) is 14.0. The van der Waals surface area contributed by atoms with Gasteiger partial charge in [-0.05, 0) is 30.2 Å². The number of hydrogen-bond donors (Lipinski definition) is 0. The molecule has 2 aromatic rings. The van der Waals surface area contributed by atoms with Crippen molar-refractivity contribution in [3.05, 3.63) is 70.7 Å². The van der Waals surface area contributed by atoms with Crippen LogP contribution < -0.4 is 0 Å². The molecule has 0 N–H and O–H groups in total. The average molecular weight is 358 g/mol.